The molecule has 4 aromatic rings. The molecule has 0 unspecified atom stereocenters. The van der Waals surface area contributed by atoms with Gasteiger partial charge in [-0.25, -0.2) is 9.50 Å². The Balaban J connectivity index is 1.14. The van der Waals surface area contributed by atoms with Gasteiger partial charge in [0.25, 0.3) is 11.8 Å². The molecule has 0 aliphatic carbocycles. The number of hydrogen-bond donors (Lipinski definition) is 2. The third-order valence-electron chi connectivity index (χ3n) is 8.14. The number of rotatable bonds is 8. The maximum atomic E-state index is 13.4. The maximum absolute atomic E-state index is 13.4. The summed E-state index contributed by atoms with van der Waals surface area (Å²) < 4.78 is 7.19. The number of likely N-dealkylation sites (tertiary alicyclic amines) is 1. The van der Waals surface area contributed by atoms with Crippen LogP contribution in [0.3, 0.4) is 0 Å². The quantitative estimate of drug-likeness (QED) is 0.319. The van der Waals surface area contributed by atoms with Gasteiger partial charge in [-0.3, -0.25) is 19.5 Å². The first-order valence-electron chi connectivity index (χ1n) is 14.4. The molecule has 2 N–H and O–H groups in total. The Morgan fingerprint density at radius 1 is 1.10 bits per heavy atom. The van der Waals surface area contributed by atoms with E-state index < -0.39 is 0 Å². The van der Waals surface area contributed by atoms with Gasteiger partial charge in [-0.2, -0.15) is 5.10 Å². The lowest BCUT2D eigenvalue weighted by Gasteiger charge is -2.31. The van der Waals surface area contributed by atoms with Crippen molar-refractivity contribution in [1.82, 2.24) is 29.8 Å². The van der Waals surface area contributed by atoms with Crippen LogP contribution >= 0.6 is 11.3 Å². The van der Waals surface area contributed by atoms with Gasteiger partial charge < -0.3 is 20.3 Å². The van der Waals surface area contributed by atoms with Crippen LogP contribution in [-0.2, 0) is 4.74 Å². The zero-order valence-electron chi connectivity index (χ0n) is 24.2. The minimum atomic E-state index is -0.305. The van der Waals surface area contributed by atoms with E-state index in [0.29, 0.717) is 42.3 Å². The van der Waals surface area contributed by atoms with E-state index >= 15 is 0 Å². The van der Waals surface area contributed by atoms with Crippen LogP contribution in [0.15, 0.2) is 43.0 Å². The van der Waals surface area contributed by atoms with Gasteiger partial charge in [0.05, 0.1) is 46.8 Å². The first kappa shape index (κ1) is 28.3. The molecule has 4 aromatic heterocycles. The normalized spacial score (nSPS) is 17.1. The van der Waals surface area contributed by atoms with Gasteiger partial charge in [-0.15, -0.1) is 11.3 Å². The molecule has 2 saturated heterocycles. The second kappa shape index (κ2) is 11.8. The molecule has 2 aliphatic rings. The zero-order valence-corrected chi connectivity index (χ0v) is 25.0. The van der Waals surface area contributed by atoms with Gasteiger partial charge >= 0.3 is 0 Å². The summed E-state index contributed by atoms with van der Waals surface area (Å²) in [6.45, 7) is 11.7. The van der Waals surface area contributed by atoms with E-state index in [1.807, 2.05) is 18.5 Å². The van der Waals surface area contributed by atoms with E-state index in [0.717, 1.165) is 47.3 Å². The van der Waals surface area contributed by atoms with Crippen molar-refractivity contribution < 1.29 is 14.3 Å². The minimum Gasteiger partial charge on any atom is -0.378 e. The maximum Gasteiger partial charge on any atom is 0.260 e. The summed E-state index contributed by atoms with van der Waals surface area (Å²) in [5.74, 6) is 0.395. The molecule has 0 saturated carbocycles. The number of ether oxygens (including phenoxy) is 1. The second-order valence-electron chi connectivity index (χ2n) is 11.4. The Morgan fingerprint density at radius 3 is 2.71 bits per heavy atom. The Labute approximate surface area is 248 Å². The van der Waals surface area contributed by atoms with Crippen LogP contribution < -0.4 is 15.5 Å². The predicted molar refractivity (Wildman–Crippen MR) is 163 cm³/mol. The summed E-state index contributed by atoms with van der Waals surface area (Å²) in [5.41, 5.74) is 3.16. The Kier molecular flexibility index (Phi) is 7.93. The number of carbonyl (C=O) groups excluding carboxylic acids is 2. The van der Waals surface area contributed by atoms with Crippen LogP contribution in [0.1, 0.15) is 53.1 Å². The number of nitrogens with zero attached hydrogens (tertiary/aromatic N) is 6. The third-order valence-corrected chi connectivity index (χ3v) is 9.30. The summed E-state index contributed by atoms with van der Waals surface area (Å²) in [7, 11) is 0. The molecule has 12 heteroatoms. The van der Waals surface area contributed by atoms with Crippen molar-refractivity contribution in [2.75, 3.05) is 56.2 Å². The fourth-order valence-electron chi connectivity index (χ4n) is 5.57. The van der Waals surface area contributed by atoms with E-state index in [9.17, 15) is 9.59 Å². The van der Waals surface area contributed by atoms with Gasteiger partial charge in [0.15, 0.2) is 0 Å². The van der Waals surface area contributed by atoms with Crippen LogP contribution in [0.2, 0.25) is 0 Å². The molecule has 220 valence electrons. The van der Waals surface area contributed by atoms with Crippen molar-refractivity contribution in [2.24, 2.45) is 0 Å². The topological polar surface area (TPSA) is 117 Å². The minimum absolute atomic E-state index is 0.167. The van der Waals surface area contributed by atoms with Gasteiger partial charge in [-0.1, -0.05) is 0 Å². The lowest BCUT2D eigenvalue weighted by Crippen LogP contribution is -2.43. The molecule has 11 nitrogen and oxygen atoms in total. The van der Waals surface area contributed by atoms with Gasteiger partial charge in [0.1, 0.15) is 10.6 Å². The summed E-state index contributed by atoms with van der Waals surface area (Å²) in [6.07, 6.45) is 9.20. The van der Waals surface area contributed by atoms with Crippen molar-refractivity contribution in [1.29, 1.82) is 0 Å². The SMILES string of the molecule is Cc1ncc(C(=O)NCCN2CCCC2(C)C)cc1NC(=O)c1cnn2cc(-c3ccnc(N4CCOCC4)c3)sc12. The number of fused-ring (bicyclic) bond motifs is 1. The molecule has 6 heterocycles. The van der Waals surface area contributed by atoms with E-state index in [1.54, 1.807) is 29.9 Å². The van der Waals surface area contributed by atoms with E-state index in [1.165, 1.54) is 24.2 Å². The van der Waals surface area contributed by atoms with Crippen LogP contribution in [0.25, 0.3) is 15.3 Å². The standard InChI is InChI=1S/C30H36N8O3S/c1-20-24(15-22(17-33-20)27(39)32-8-10-37-9-4-6-30(37,2)3)35-28(40)23-18-34-38-19-25(42-29(23)38)21-5-7-31-26(16-21)36-11-13-41-14-12-36/h5,7,15-19H,4,6,8-14H2,1-3H3,(H,32,39)(H,35,40). The highest BCUT2D eigenvalue weighted by Gasteiger charge is 2.31. The van der Waals surface area contributed by atoms with Crippen LogP contribution in [0.5, 0.6) is 0 Å². The molecule has 0 bridgehead atoms. The predicted octanol–water partition coefficient (Wildman–Crippen LogP) is 3.85. The number of nitrogens with one attached hydrogen (secondary N) is 2. The first-order valence-corrected chi connectivity index (χ1v) is 15.2. The second-order valence-corrected chi connectivity index (χ2v) is 12.4. The van der Waals surface area contributed by atoms with Gasteiger partial charge in [-0.05, 0) is 63.9 Å². The van der Waals surface area contributed by atoms with Crippen molar-refractivity contribution in [2.45, 2.75) is 39.2 Å². The first-order chi connectivity index (χ1) is 20.3. The summed E-state index contributed by atoms with van der Waals surface area (Å²) in [5, 5.41) is 10.4. The van der Waals surface area contributed by atoms with E-state index in [-0.39, 0.29) is 17.4 Å². The van der Waals surface area contributed by atoms with Crippen LogP contribution in [-0.4, -0.2) is 87.8 Å². The average Bonchev–Trinajstić information content (AvgIpc) is 3.68. The fourth-order valence-corrected chi connectivity index (χ4v) is 6.62. The molecule has 6 rings (SSSR count). The summed E-state index contributed by atoms with van der Waals surface area (Å²) in [4.78, 5) is 41.5. The number of morpholine rings is 1. The lowest BCUT2D eigenvalue weighted by molar-refractivity contribution is 0.0938. The van der Waals surface area contributed by atoms with Crippen molar-refractivity contribution >= 4 is 39.5 Å². The number of thiazole rings is 1. The summed E-state index contributed by atoms with van der Waals surface area (Å²) in [6, 6.07) is 5.71. The third kappa shape index (κ3) is 5.87. The number of carbonyl (C=O) groups is 2. The molecule has 2 aliphatic heterocycles. The molecule has 2 amide bonds. The monoisotopic (exact) mass is 588 g/mol. The molecule has 0 spiro atoms. The van der Waals surface area contributed by atoms with E-state index in [4.69, 9.17) is 4.74 Å². The number of aryl methyl sites for hydroxylation is 1. The Bertz CT molecular complexity index is 1610. The molecule has 0 radical (unpaired) electrons. The number of anilines is 2. The highest BCUT2D eigenvalue weighted by molar-refractivity contribution is 7.21. The van der Waals surface area contributed by atoms with E-state index in [2.05, 4.69) is 55.4 Å². The van der Waals surface area contributed by atoms with Crippen molar-refractivity contribution in [3.05, 3.63) is 59.8 Å². The zero-order chi connectivity index (χ0) is 29.3. The molecular formula is C30H36N8O3S. The smallest absolute Gasteiger partial charge is 0.260 e. The molecule has 2 fully saturated rings. The largest absolute Gasteiger partial charge is 0.378 e. The Morgan fingerprint density at radius 2 is 1.93 bits per heavy atom. The van der Waals surface area contributed by atoms with Crippen LogP contribution in [0, 0.1) is 6.92 Å². The number of amides is 2. The highest BCUT2D eigenvalue weighted by Crippen LogP contribution is 2.32. The van der Waals surface area contributed by atoms with Crippen molar-refractivity contribution in [3.8, 4) is 10.4 Å². The number of aromatic nitrogens is 4. The lowest BCUT2D eigenvalue weighted by atomic mass is 10.0. The summed E-state index contributed by atoms with van der Waals surface area (Å²) >= 11 is 1.49. The Hall–Kier alpha value is -3.87. The highest BCUT2D eigenvalue weighted by atomic mass is 32.1. The number of hydrogen-bond acceptors (Lipinski definition) is 9. The van der Waals surface area contributed by atoms with Gasteiger partial charge in [0.2, 0.25) is 0 Å². The van der Waals surface area contributed by atoms with Crippen molar-refractivity contribution in [3.63, 3.8) is 0 Å². The molecule has 0 atom stereocenters. The molecule has 42 heavy (non-hydrogen) atoms. The van der Waals surface area contributed by atoms with Gasteiger partial charge in [0, 0.05) is 50.3 Å². The molecular weight excluding hydrogens is 552 g/mol. The average molecular weight is 589 g/mol. The fraction of sp³-hybridized carbons (Fsp3) is 0.433. The van der Waals surface area contributed by atoms with Crippen LogP contribution in [0.4, 0.5) is 11.5 Å². The number of pyridine rings is 2. The molecule has 0 aromatic carbocycles.